The third-order valence-electron chi connectivity index (χ3n) is 3.12. The summed E-state index contributed by atoms with van der Waals surface area (Å²) >= 11 is 0. The van der Waals surface area contributed by atoms with Gasteiger partial charge in [0, 0.05) is 30.6 Å². The van der Waals surface area contributed by atoms with Crippen LogP contribution in [0.2, 0.25) is 0 Å². The van der Waals surface area contributed by atoms with Crippen molar-refractivity contribution >= 4 is 22.5 Å². The van der Waals surface area contributed by atoms with E-state index in [4.69, 9.17) is 0 Å². The van der Waals surface area contributed by atoms with Gasteiger partial charge in [-0.05, 0) is 26.1 Å². The first-order chi connectivity index (χ1) is 8.74. The lowest BCUT2D eigenvalue weighted by Gasteiger charge is -2.16. The summed E-state index contributed by atoms with van der Waals surface area (Å²) in [5, 5.41) is 4.13. The number of nitrogens with zero attached hydrogens (tertiary/aromatic N) is 1. The molecule has 2 rings (SSSR count). The molecular weight excluding hydrogens is 226 g/mol. The highest BCUT2D eigenvalue weighted by atomic mass is 16.2. The lowest BCUT2D eigenvalue weighted by Crippen LogP contribution is -2.26. The number of para-hydroxylation sites is 1. The van der Waals surface area contributed by atoms with Gasteiger partial charge in [0.05, 0.1) is 5.69 Å². The van der Waals surface area contributed by atoms with E-state index in [9.17, 15) is 4.79 Å². The van der Waals surface area contributed by atoms with Crippen LogP contribution < -0.4 is 10.2 Å². The highest BCUT2D eigenvalue weighted by molar-refractivity contribution is 6.02. The number of H-pyrrole nitrogens is 1. The predicted octanol–water partition coefficient (Wildman–Crippen LogP) is 2.13. The van der Waals surface area contributed by atoms with Crippen LogP contribution in [0, 0.1) is 0 Å². The van der Waals surface area contributed by atoms with Gasteiger partial charge in [-0.15, -0.1) is 0 Å². The lowest BCUT2D eigenvalue weighted by molar-refractivity contribution is -0.118. The number of anilines is 1. The molecule has 4 nitrogen and oxygen atoms in total. The number of aromatic nitrogens is 1. The van der Waals surface area contributed by atoms with E-state index in [1.165, 1.54) is 0 Å². The molecule has 1 amide bonds. The van der Waals surface area contributed by atoms with Gasteiger partial charge in [0.15, 0.2) is 0 Å². The fourth-order valence-corrected chi connectivity index (χ4v) is 2.05. The lowest BCUT2D eigenvalue weighted by atomic mass is 10.2. The van der Waals surface area contributed by atoms with E-state index in [1.807, 2.05) is 44.6 Å². The van der Waals surface area contributed by atoms with Crippen molar-refractivity contribution in [3.63, 3.8) is 0 Å². The Morgan fingerprint density at radius 2 is 2.17 bits per heavy atom. The molecule has 0 aliphatic heterocycles. The molecular formula is C14H19N3O. The quantitative estimate of drug-likeness (QED) is 0.793. The largest absolute Gasteiger partial charge is 0.359 e. The smallest absolute Gasteiger partial charge is 0.226 e. The second kappa shape index (κ2) is 5.69. The highest BCUT2D eigenvalue weighted by Crippen LogP contribution is 2.25. The SMILES string of the molecule is CNCCCC(=O)N(C)c1c[nH]c2ccccc12. The van der Waals surface area contributed by atoms with Crippen molar-refractivity contribution in [2.24, 2.45) is 0 Å². The Morgan fingerprint density at radius 3 is 2.94 bits per heavy atom. The average molecular weight is 245 g/mol. The molecule has 18 heavy (non-hydrogen) atoms. The summed E-state index contributed by atoms with van der Waals surface area (Å²) in [7, 11) is 3.73. The molecule has 0 radical (unpaired) electrons. The van der Waals surface area contributed by atoms with Gasteiger partial charge in [-0.3, -0.25) is 4.79 Å². The van der Waals surface area contributed by atoms with Crippen LogP contribution in [-0.4, -0.2) is 31.5 Å². The van der Waals surface area contributed by atoms with Crippen LogP contribution >= 0.6 is 0 Å². The standard InChI is InChI=1S/C14H19N3O/c1-15-9-5-8-14(18)17(2)13-10-16-12-7-4-3-6-11(12)13/h3-4,6-7,10,15-16H,5,8-9H2,1-2H3. The number of hydrogen-bond acceptors (Lipinski definition) is 2. The molecule has 0 aliphatic carbocycles. The summed E-state index contributed by atoms with van der Waals surface area (Å²) in [5.74, 6) is 0.148. The van der Waals surface area contributed by atoms with Crippen LogP contribution in [0.15, 0.2) is 30.5 Å². The van der Waals surface area contributed by atoms with Crippen LogP contribution in [0.1, 0.15) is 12.8 Å². The fourth-order valence-electron chi connectivity index (χ4n) is 2.05. The Morgan fingerprint density at radius 1 is 1.39 bits per heavy atom. The minimum atomic E-state index is 0.148. The molecule has 0 unspecified atom stereocenters. The number of nitrogens with one attached hydrogen (secondary N) is 2. The molecule has 0 spiro atoms. The number of fused-ring (bicyclic) bond motifs is 1. The normalized spacial score (nSPS) is 10.8. The summed E-state index contributed by atoms with van der Waals surface area (Å²) in [6.07, 6.45) is 3.32. The van der Waals surface area contributed by atoms with Gasteiger partial charge in [0.25, 0.3) is 0 Å². The van der Waals surface area contributed by atoms with Crippen molar-refractivity contribution in [3.8, 4) is 0 Å². The Labute approximate surface area is 107 Å². The second-order valence-electron chi connectivity index (χ2n) is 4.38. The molecule has 1 aromatic carbocycles. The molecule has 0 bridgehead atoms. The second-order valence-corrected chi connectivity index (χ2v) is 4.38. The molecule has 0 fully saturated rings. The van der Waals surface area contributed by atoms with E-state index >= 15 is 0 Å². The van der Waals surface area contributed by atoms with Crippen molar-refractivity contribution in [1.82, 2.24) is 10.3 Å². The number of rotatable bonds is 5. The molecule has 2 aromatic rings. The molecule has 0 saturated heterocycles. The van der Waals surface area contributed by atoms with Gasteiger partial charge in [0.2, 0.25) is 5.91 Å². The Bertz CT molecular complexity index is 533. The minimum Gasteiger partial charge on any atom is -0.359 e. The monoisotopic (exact) mass is 245 g/mol. The maximum atomic E-state index is 12.0. The number of carbonyl (C=O) groups excluding carboxylic acids is 1. The van der Waals surface area contributed by atoms with E-state index in [-0.39, 0.29) is 5.91 Å². The molecule has 96 valence electrons. The Balaban J connectivity index is 2.13. The van der Waals surface area contributed by atoms with E-state index in [2.05, 4.69) is 10.3 Å². The Kier molecular flexibility index (Phi) is 3.99. The van der Waals surface area contributed by atoms with Gasteiger partial charge >= 0.3 is 0 Å². The molecule has 0 atom stereocenters. The molecule has 1 aromatic heterocycles. The number of amides is 1. The van der Waals surface area contributed by atoms with E-state index < -0.39 is 0 Å². The minimum absolute atomic E-state index is 0.148. The maximum absolute atomic E-state index is 12.0. The first kappa shape index (κ1) is 12.6. The van der Waals surface area contributed by atoms with Crippen LogP contribution in [0.25, 0.3) is 10.9 Å². The van der Waals surface area contributed by atoms with Crippen LogP contribution in [-0.2, 0) is 4.79 Å². The summed E-state index contributed by atoms with van der Waals surface area (Å²) in [5.41, 5.74) is 2.00. The highest BCUT2D eigenvalue weighted by Gasteiger charge is 2.13. The van der Waals surface area contributed by atoms with Crippen LogP contribution in [0.3, 0.4) is 0 Å². The third kappa shape index (κ3) is 2.54. The zero-order valence-electron chi connectivity index (χ0n) is 10.9. The molecule has 0 saturated carbocycles. The molecule has 2 N–H and O–H groups in total. The first-order valence-corrected chi connectivity index (χ1v) is 6.21. The third-order valence-corrected chi connectivity index (χ3v) is 3.12. The number of benzene rings is 1. The van der Waals surface area contributed by atoms with Gasteiger partial charge in [-0.2, -0.15) is 0 Å². The maximum Gasteiger partial charge on any atom is 0.226 e. The predicted molar refractivity (Wildman–Crippen MR) is 74.9 cm³/mol. The summed E-state index contributed by atoms with van der Waals surface area (Å²) in [4.78, 5) is 17.0. The van der Waals surface area contributed by atoms with Crippen LogP contribution in [0.5, 0.6) is 0 Å². The van der Waals surface area contributed by atoms with Gasteiger partial charge in [0.1, 0.15) is 0 Å². The summed E-state index contributed by atoms with van der Waals surface area (Å²) in [6.45, 7) is 0.869. The summed E-state index contributed by atoms with van der Waals surface area (Å²) in [6, 6.07) is 8.01. The Hall–Kier alpha value is -1.81. The van der Waals surface area contributed by atoms with E-state index in [0.29, 0.717) is 6.42 Å². The van der Waals surface area contributed by atoms with Gasteiger partial charge < -0.3 is 15.2 Å². The van der Waals surface area contributed by atoms with Crippen molar-refractivity contribution < 1.29 is 4.79 Å². The first-order valence-electron chi connectivity index (χ1n) is 6.21. The molecule has 1 heterocycles. The van der Waals surface area contributed by atoms with E-state index in [0.717, 1.165) is 29.6 Å². The summed E-state index contributed by atoms with van der Waals surface area (Å²) < 4.78 is 0. The van der Waals surface area contributed by atoms with Gasteiger partial charge in [-0.25, -0.2) is 0 Å². The zero-order chi connectivity index (χ0) is 13.0. The van der Waals surface area contributed by atoms with Crippen molar-refractivity contribution in [2.75, 3.05) is 25.5 Å². The topological polar surface area (TPSA) is 48.1 Å². The zero-order valence-corrected chi connectivity index (χ0v) is 10.9. The van der Waals surface area contributed by atoms with Crippen molar-refractivity contribution in [3.05, 3.63) is 30.5 Å². The van der Waals surface area contributed by atoms with Crippen LogP contribution in [0.4, 0.5) is 5.69 Å². The number of aromatic amines is 1. The number of carbonyl (C=O) groups is 1. The average Bonchev–Trinajstić information content (AvgIpc) is 2.82. The number of hydrogen-bond donors (Lipinski definition) is 2. The van der Waals surface area contributed by atoms with E-state index in [1.54, 1.807) is 4.90 Å². The molecule has 4 heteroatoms. The van der Waals surface area contributed by atoms with Crippen molar-refractivity contribution in [2.45, 2.75) is 12.8 Å². The molecule has 0 aliphatic rings. The van der Waals surface area contributed by atoms with Crippen molar-refractivity contribution in [1.29, 1.82) is 0 Å². The fraction of sp³-hybridized carbons (Fsp3) is 0.357. The van der Waals surface area contributed by atoms with Gasteiger partial charge in [-0.1, -0.05) is 18.2 Å².